The largest absolute Gasteiger partial charge is 0.452 e. The molecule has 1 amide bonds. The molecule has 1 aliphatic carbocycles. The lowest BCUT2D eigenvalue weighted by Crippen LogP contribution is -2.44. The number of nitrogens with one attached hydrogen (secondary N) is 1. The van der Waals surface area contributed by atoms with Crippen LogP contribution in [0.3, 0.4) is 0 Å². The second-order valence-corrected chi connectivity index (χ2v) is 8.27. The van der Waals surface area contributed by atoms with E-state index in [4.69, 9.17) is 9.47 Å². The standard InChI is InChI=1S/C19H24BrNO5/c1-11(21-18(24)26-19(2,3)4)17(23)25-15-7-5-6-12-10-13(20)8-9-14(12)16(15)22/h8-11,15H,5-7H2,1-4H3,(H,21,24)/t11-,15?/m0/s1. The number of rotatable bonds is 3. The van der Waals surface area contributed by atoms with Crippen molar-refractivity contribution in [3.63, 3.8) is 0 Å². The Morgan fingerprint density at radius 2 is 2.00 bits per heavy atom. The van der Waals surface area contributed by atoms with E-state index in [-0.39, 0.29) is 5.78 Å². The van der Waals surface area contributed by atoms with Gasteiger partial charge in [-0.2, -0.15) is 0 Å². The van der Waals surface area contributed by atoms with Gasteiger partial charge in [0.2, 0.25) is 5.78 Å². The van der Waals surface area contributed by atoms with Crippen LogP contribution in [0.25, 0.3) is 0 Å². The van der Waals surface area contributed by atoms with Gasteiger partial charge in [0.05, 0.1) is 0 Å². The number of halogens is 1. The normalized spacial score (nSPS) is 18.3. The minimum absolute atomic E-state index is 0.206. The Morgan fingerprint density at radius 1 is 1.31 bits per heavy atom. The number of carbonyl (C=O) groups excluding carboxylic acids is 3. The molecule has 2 atom stereocenters. The van der Waals surface area contributed by atoms with E-state index in [1.165, 1.54) is 6.92 Å². The molecule has 2 rings (SSSR count). The van der Waals surface area contributed by atoms with Gasteiger partial charge in [-0.25, -0.2) is 9.59 Å². The molecule has 0 bridgehead atoms. The number of fused-ring (bicyclic) bond motifs is 1. The van der Waals surface area contributed by atoms with Crippen molar-refractivity contribution in [2.24, 2.45) is 0 Å². The van der Waals surface area contributed by atoms with Gasteiger partial charge in [0.25, 0.3) is 0 Å². The van der Waals surface area contributed by atoms with E-state index in [0.29, 0.717) is 12.0 Å². The predicted octanol–water partition coefficient (Wildman–Crippen LogP) is 3.79. The first kappa shape index (κ1) is 20.4. The summed E-state index contributed by atoms with van der Waals surface area (Å²) >= 11 is 3.41. The highest BCUT2D eigenvalue weighted by atomic mass is 79.9. The molecule has 0 saturated carbocycles. The average Bonchev–Trinajstić information content (AvgIpc) is 2.65. The molecule has 0 fully saturated rings. The number of hydrogen-bond donors (Lipinski definition) is 1. The maximum Gasteiger partial charge on any atom is 0.408 e. The first-order valence-electron chi connectivity index (χ1n) is 8.59. The maximum absolute atomic E-state index is 12.7. The minimum Gasteiger partial charge on any atom is -0.452 e. The smallest absolute Gasteiger partial charge is 0.408 e. The number of hydrogen-bond acceptors (Lipinski definition) is 5. The summed E-state index contributed by atoms with van der Waals surface area (Å²) in [4.78, 5) is 36.8. The summed E-state index contributed by atoms with van der Waals surface area (Å²) in [5, 5.41) is 2.43. The highest BCUT2D eigenvalue weighted by molar-refractivity contribution is 9.10. The predicted molar refractivity (Wildman–Crippen MR) is 100 cm³/mol. The zero-order valence-corrected chi connectivity index (χ0v) is 17.0. The summed E-state index contributed by atoms with van der Waals surface area (Å²) in [7, 11) is 0. The Labute approximate surface area is 161 Å². The van der Waals surface area contributed by atoms with Gasteiger partial charge in [0, 0.05) is 10.0 Å². The van der Waals surface area contributed by atoms with Crippen LogP contribution in [0.2, 0.25) is 0 Å². The third-order valence-electron chi connectivity index (χ3n) is 3.88. The number of carbonyl (C=O) groups is 3. The van der Waals surface area contributed by atoms with Gasteiger partial charge in [0.1, 0.15) is 11.6 Å². The number of alkyl carbamates (subject to hydrolysis) is 1. The molecule has 0 heterocycles. The first-order chi connectivity index (χ1) is 12.1. The van der Waals surface area contributed by atoms with E-state index in [0.717, 1.165) is 22.9 Å². The van der Waals surface area contributed by atoms with Crippen molar-refractivity contribution in [2.45, 2.75) is 64.7 Å². The number of amides is 1. The van der Waals surface area contributed by atoms with Crippen LogP contribution in [0, 0.1) is 0 Å². The van der Waals surface area contributed by atoms with Gasteiger partial charge in [-0.05, 0) is 70.7 Å². The number of ketones is 1. The quantitative estimate of drug-likeness (QED) is 0.588. The van der Waals surface area contributed by atoms with Crippen molar-refractivity contribution in [2.75, 3.05) is 0 Å². The lowest BCUT2D eigenvalue weighted by atomic mass is 10.0. The van der Waals surface area contributed by atoms with Crippen LogP contribution >= 0.6 is 15.9 Å². The fraction of sp³-hybridized carbons (Fsp3) is 0.526. The van der Waals surface area contributed by atoms with Gasteiger partial charge in [-0.3, -0.25) is 4.79 Å². The summed E-state index contributed by atoms with van der Waals surface area (Å²) in [5.74, 6) is -0.863. The van der Waals surface area contributed by atoms with Crippen LogP contribution in [0.15, 0.2) is 22.7 Å². The van der Waals surface area contributed by atoms with Gasteiger partial charge < -0.3 is 14.8 Å². The second-order valence-electron chi connectivity index (χ2n) is 7.35. The van der Waals surface area contributed by atoms with Crippen LogP contribution < -0.4 is 5.32 Å². The molecular weight excluding hydrogens is 402 g/mol. The van der Waals surface area contributed by atoms with E-state index in [1.54, 1.807) is 32.9 Å². The summed E-state index contributed by atoms with van der Waals surface area (Å²) in [6.07, 6.45) is 0.397. The number of esters is 1. The molecule has 0 aromatic heterocycles. The van der Waals surface area contributed by atoms with Crippen molar-refractivity contribution in [1.29, 1.82) is 0 Å². The average molecular weight is 426 g/mol. The third kappa shape index (κ3) is 5.56. The summed E-state index contributed by atoms with van der Waals surface area (Å²) in [5.41, 5.74) is 0.863. The number of Topliss-reactive ketones (excluding diaryl/α,β-unsaturated/α-hetero) is 1. The molecule has 6 nitrogen and oxygen atoms in total. The zero-order chi connectivity index (χ0) is 19.5. The fourth-order valence-corrected chi connectivity index (χ4v) is 3.10. The highest BCUT2D eigenvalue weighted by Crippen LogP contribution is 2.25. The second kappa shape index (κ2) is 8.20. The van der Waals surface area contributed by atoms with Gasteiger partial charge >= 0.3 is 12.1 Å². The summed E-state index contributed by atoms with van der Waals surface area (Å²) < 4.78 is 11.4. The molecule has 0 radical (unpaired) electrons. The molecule has 1 aromatic rings. The van der Waals surface area contributed by atoms with Crippen molar-refractivity contribution in [3.05, 3.63) is 33.8 Å². The van der Waals surface area contributed by atoms with Crippen molar-refractivity contribution < 1.29 is 23.9 Å². The molecule has 1 unspecified atom stereocenters. The molecule has 142 valence electrons. The molecule has 1 aromatic carbocycles. The van der Waals surface area contributed by atoms with Crippen LogP contribution in [0.4, 0.5) is 4.79 Å². The van der Waals surface area contributed by atoms with E-state index < -0.39 is 29.8 Å². The molecule has 1 aliphatic rings. The lowest BCUT2D eigenvalue weighted by Gasteiger charge is -2.22. The monoisotopic (exact) mass is 425 g/mol. The number of ether oxygens (including phenoxy) is 2. The van der Waals surface area contributed by atoms with Crippen LogP contribution in [-0.2, 0) is 20.7 Å². The molecule has 0 saturated heterocycles. The topological polar surface area (TPSA) is 81.7 Å². The van der Waals surface area contributed by atoms with Crippen molar-refractivity contribution in [1.82, 2.24) is 5.32 Å². The first-order valence-corrected chi connectivity index (χ1v) is 9.39. The van der Waals surface area contributed by atoms with Crippen molar-refractivity contribution in [3.8, 4) is 0 Å². The van der Waals surface area contributed by atoms with Gasteiger partial charge in [0.15, 0.2) is 6.10 Å². The summed E-state index contributed by atoms with van der Waals surface area (Å²) in [6.45, 7) is 6.69. The lowest BCUT2D eigenvalue weighted by molar-refractivity contribution is -0.149. The fourth-order valence-electron chi connectivity index (χ4n) is 2.69. The van der Waals surface area contributed by atoms with Crippen LogP contribution in [0.1, 0.15) is 56.5 Å². The van der Waals surface area contributed by atoms with Gasteiger partial charge in [-0.1, -0.05) is 15.9 Å². The summed E-state index contributed by atoms with van der Waals surface area (Å²) in [6, 6.07) is 4.55. The Morgan fingerprint density at radius 3 is 2.65 bits per heavy atom. The maximum atomic E-state index is 12.7. The number of aryl methyl sites for hydroxylation is 1. The molecule has 26 heavy (non-hydrogen) atoms. The SMILES string of the molecule is C[C@H](NC(=O)OC(C)(C)C)C(=O)OC1CCCc2cc(Br)ccc2C1=O. The molecular formula is C19H24BrNO5. The van der Waals surface area contributed by atoms with E-state index >= 15 is 0 Å². The minimum atomic E-state index is -0.912. The Hall–Kier alpha value is -1.89. The van der Waals surface area contributed by atoms with Crippen molar-refractivity contribution >= 4 is 33.8 Å². The molecule has 7 heteroatoms. The number of benzene rings is 1. The van der Waals surface area contributed by atoms with Crippen LogP contribution in [-0.4, -0.2) is 35.6 Å². The zero-order valence-electron chi connectivity index (χ0n) is 15.4. The van der Waals surface area contributed by atoms with E-state index in [1.807, 2.05) is 6.07 Å². The Bertz CT molecular complexity index is 710. The van der Waals surface area contributed by atoms with E-state index in [9.17, 15) is 14.4 Å². The highest BCUT2D eigenvalue weighted by Gasteiger charge is 2.31. The van der Waals surface area contributed by atoms with Crippen LogP contribution in [0.5, 0.6) is 0 Å². The molecule has 1 N–H and O–H groups in total. The Kier molecular flexibility index (Phi) is 6.44. The molecule has 0 aliphatic heterocycles. The third-order valence-corrected chi connectivity index (χ3v) is 4.38. The molecule has 0 spiro atoms. The Balaban J connectivity index is 2.01. The van der Waals surface area contributed by atoms with Gasteiger partial charge in [-0.15, -0.1) is 0 Å². The van der Waals surface area contributed by atoms with E-state index in [2.05, 4.69) is 21.2 Å².